The number of hydrogen-bond donors (Lipinski definition) is 0. The summed E-state index contributed by atoms with van der Waals surface area (Å²) in [5.74, 6) is -1.37. The summed E-state index contributed by atoms with van der Waals surface area (Å²) in [5, 5.41) is 11.9. The lowest BCUT2D eigenvalue weighted by molar-refractivity contribution is -0.384. The van der Waals surface area contributed by atoms with Crippen LogP contribution >= 0.6 is 7.14 Å². The zero-order valence-electron chi connectivity index (χ0n) is 15.8. The number of hydrogen-bond acceptors (Lipinski definition) is 6. The highest BCUT2D eigenvalue weighted by Gasteiger charge is 2.31. The zero-order chi connectivity index (χ0) is 21.6. The summed E-state index contributed by atoms with van der Waals surface area (Å²) >= 11 is 0. The van der Waals surface area contributed by atoms with E-state index in [0.717, 1.165) is 6.07 Å². The fraction of sp³-hybridized carbons (Fsp3) is 0.0909. The van der Waals surface area contributed by atoms with E-state index in [0.29, 0.717) is 10.6 Å². The summed E-state index contributed by atoms with van der Waals surface area (Å²) in [4.78, 5) is 35.0. The van der Waals surface area contributed by atoms with Crippen molar-refractivity contribution in [2.75, 3.05) is 12.8 Å². The third-order valence-electron chi connectivity index (χ3n) is 4.44. The second-order valence-electron chi connectivity index (χ2n) is 6.46. The second-order valence-corrected chi connectivity index (χ2v) is 9.29. The molecule has 0 saturated carbocycles. The zero-order valence-corrected chi connectivity index (χ0v) is 16.7. The van der Waals surface area contributed by atoms with Gasteiger partial charge < -0.3 is 9.30 Å². The van der Waals surface area contributed by atoms with E-state index >= 15 is 0 Å². The lowest BCUT2D eigenvalue weighted by Crippen LogP contribution is -2.25. The summed E-state index contributed by atoms with van der Waals surface area (Å²) in [5.41, 5.74) is -0.170. The normalized spacial score (nSPS) is 10.9. The van der Waals surface area contributed by atoms with Gasteiger partial charge >= 0.3 is 5.97 Å². The van der Waals surface area contributed by atoms with Crippen LogP contribution in [0.25, 0.3) is 0 Å². The average molecular weight is 423 g/mol. The monoisotopic (exact) mass is 423 g/mol. The van der Waals surface area contributed by atoms with Crippen LogP contribution in [0.4, 0.5) is 5.69 Å². The summed E-state index contributed by atoms with van der Waals surface area (Å²) in [6, 6.07) is 22.5. The SMILES string of the molecule is O=C(CP(=O)(c1ccccc1)c1ccccc1)OCC(=O)c1cccc([N+](=O)[O-])c1. The molecule has 0 heterocycles. The minimum absolute atomic E-state index is 0.0614. The molecule has 0 radical (unpaired) electrons. The fourth-order valence-corrected chi connectivity index (χ4v) is 5.34. The molecule has 8 heteroatoms. The Morgan fingerprint density at radius 2 is 1.43 bits per heavy atom. The number of ether oxygens (including phenoxy) is 1. The van der Waals surface area contributed by atoms with Crippen molar-refractivity contribution in [3.8, 4) is 0 Å². The molecule has 3 rings (SSSR count). The van der Waals surface area contributed by atoms with Crippen LogP contribution in [0.1, 0.15) is 10.4 Å². The lowest BCUT2D eigenvalue weighted by atomic mass is 10.1. The number of benzene rings is 3. The molecule has 0 aromatic heterocycles. The van der Waals surface area contributed by atoms with E-state index in [4.69, 9.17) is 4.74 Å². The van der Waals surface area contributed by atoms with Crippen molar-refractivity contribution in [3.05, 3.63) is 101 Å². The molecule has 0 N–H and O–H groups in total. The largest absolute Gasteiger partial charge is 0.457 e. The van der Waals surface area contributed by atoms with E-state index in [1.54, 1.807) is 60.7 Å². The molecule has 0 spiro atoms. The van der Waals surface area contributed by atoms with Gasteiger partial charge in [-0.3, -0.25) is 19.7 Å². The maximum absolute atomic E-state index is 13.8. The molecule has 0 bridgehead atoms. The Labute approximate surface area is 172 Å². The summed E-state index contributed by atoms with van der Waals surface area (Å²) in [7, 11) is -3.31. The van der Waals surface area contributed by atoms with E-state index < -0.39 is 36.6 Å². The van der Waals surface area contributed by atoms with Crippen molar-refractivity contribution >= 4 is 35.2 Å². The van der Waals surface area contributed by atoms with Gasteiger partial charge in [0, 0.05) is 28.3 Å². The topological polar surface area (TPSA) is 104 Å². The Hall–Kier alpha value is -3.57. The van der Waals surface area contributed by atoms with E-state index in [2.05, 4.69) is 0 Å². The Morgan fingerprint density at radius 1 is 0.867 bits per heavy atom. The molecule has 0 atom stereocenters. The Bertz CT molecular complexity index is 1070. The first-order chi connectivity index (χ1) is 14.4. The van der Waals surface area contributed by atoms with Gasteiger partial charge in [0.25, 0.3) is 5.69 Å². The molecule has 0 aliphatic rings. The van der Waals surface area contributed by atoms with Gasteiger partial charge in [0.2, 0.25) is 5.78 Å². The van der Waals surface area contributed by atoms with Crippen LogP contribution in [0.15, 0.2) is 84.9 Å². The number of carbonyl (C=O) groups excluding carboxylic acids is 2. The quantitative estimate of drug-likeness (QED) is 0.181. The van der Waals surface area contributed by atoms with Gasteiger partial charge in [0.1, 0.15) is 6.16 Å². The smallest absolute Gasteiger partial charge is 0.314 e. The molecule has 0 unspecified atom stereocenters. The molecule has 0 aliphatic heterocycles. The van der Waals surface area contributed by atoms with Gasteiger partial charge in [0.05, 0.1) is 4.92 Å². The number of carbonyl (C=O) groups is 2. The van der Waals surface area contributed by atoms with Crippen molar-refractivity contribution < 1.29 is 23.8 Å². The molecule has 0 aliphatic carbocycles. The molecule has 0 fully saturated rings. The first-order valence-electron chi connectivity index (χ1n) is 9.04. The minimum atomic E-state index is -3.31. The molecular weight excluding hydrogens is 405 g/mol. The van der Waals surface area contributed by atoms with Crippen LogP contribution in [0.5, 0.6) is 0 Å². The highest BCUT2D eigenvalue weighted by Crippen LogP contribution is 2.43. The van der Waals surface area contributed by atoms with Crippen molar-refractivity contribution in [3.63, 3.8) is 0 Å². The molecule has 3 aromatic rings. The van der Waals surface area contributed by atoms with Crippen molar-refractivity contribution in [1.82, 2.24) is 0 Å². The van der Waals surface area contributed by atoms with Crippen LogP contribution in [-0.2, 0) is 14.1 Å². The summed E-state index contributed by atoms with van der Waals surface area (Å²) in [6.07, 6.45) is -0.400. The Morgan fingerprint density at radius 3 is 1.97 bits per heavy atom. The molecule has 152 valence electrons. The van der Waals surface area contributed by atoms with Crippen molar-refractivity contribution in [1.29, 1.82) is 0 Å². The van der Waals surface area contributed by atoms with Crippen LogP contribution in [0.2, 0.25) is 0 Å². The van der Waals surface area contributed by atoms with E-state index in [-0.39, 0.29) is 11.3 Å². The van der Waals surface area contributed by atoms with Gasteiger partial charge in [0.15, 0.2) is 13.7 Å². The van der Waals surface area contributed by atoms with Crippen molar-refractivity contribution in [2.45, 2.75) is 0 Å². The van der Waals surface area contributed by atoms with Crippen LogP contribution in [0, 0.1) is 10.1 Å². The third kappa shape index (κ3) is 4.88. The number of Topliss-reactive ketones (excluding diaryl/α,β-unsaturated/α-hetero) is 1. The molecule has 7 nitrogen and oxygen atoms in total. The highest BCUT2D eigenvalue weighted by molar-refractivity contribution is 7.79. The number of rotatable bonds is 8. The fourth-order valence-electron chi connectivity index (χ4n) is 2.92. The number of nitro groups is 1. The number of nitro benzene ring substituents is 1. The molecular formula is C22H18NO6P. The van der Waals surface area contributed by atoms with E-state index in [1.807, 2.05) is 0 Å². The summed E-state index contributed by atoms with van der Waals surface area (Å²) < 4.78 is 18.9. The first kappa shape index (κ1) is 21.1. The van der Waals surface area contributed by atoms with Gasteiger partial charge in [-0.25, -0.2) is 0 Å². The lowest BCUT2D eigenvalue weighted by Gasteiger charge is -2.18. The standard InChI is InChI=1S/C22H18NO6P/c24-21(17-8-7-9-18(14-17)23(26)27)15-29-22(25)16-30(28,19-10-3-1-4-11-19)20-12-5-2-6-13-20/h1-14H,15-16H2. The molecule has 0 saturated heterocycles. The maximum atomic E-state index is 13.8. The number of non-ortho nitro benzene ring substituents is 1. The molecule has 0 amide bonds. The maximum Gasteiger partial charge on any atom is 0.314 e. The van der Waals surface area contributed by atoms with E-state index in [9.17, 15) is 24.3 Å². The first-order valence-corrected chi connectivity index (χ1v) is 10.9. The van der Waals surface area contributed by atoms with Gasteiger partial charge in [-0.05, 0) is 0 Å². The van der Waals surface area contributed by atoms with Crippen LogP contribution in [0.3, 0.4) is 0 Å². The van der Waals surface area contributed by atoms with Crippen LogP contribution < -0.4 is 10.6 Å². The predicted molar refractivity (Wildman–Crippen MR) is 113 cm³/mol. The van der Waals surface area contributed by atoms with Crippen LogP contribution in [-0.4, -0.2) is 29.4 Å². The Balaban J connectivity index is 1.74. The summed E-state index contributed by atoms with van der Waals surface area (Å²) in [6.45, 7) is -0.594. The van der Waals surface area contributed by atoms with Crippen molar-refractivity contribution in [2.24, 2.45) is 0 Å². The minimum Gasteiger partial charge on any atom is -0.457 e. The highest BCUT2D eigenvalue weighted by atomic mass is 31.2. The number of nitrogens with zero attached hydrogens (tertiary/aromatic N) is 1. The average Bonchev–Trinajstić information content (AvgIpc) is 2.78. The second kappa shape index (κ2) is 9.29. The third-order valence-corrected chi connectivity index (χ3v) is 7.41. The molecule has 30 heavy (non-hydrogen) atoms. The molecule has 3 aromatic carbocycles. The number of ketones is 1. The predicted octanol–water partition coefficient (Wildman–Crippen LogP) is 3.33. The Kier molecular flexibility index (Phi) is 6.54. The van der Waals surface area contributed by atoms with Gasteiger partial charge in [-0.15, -0.1) is 0 Å². The van der Waals surface area contributed by atoms with Gasteiger partial charge in [-0.2, -0.15) is 0 Å². The van der Waals surface area contributed by atoms with Gasteiger partial charge in [-0.1, -0.05) is 72.8 Å². The number of esters is 1. The van der Waals surface area contributed by atoms with E-state index in [1.165, 1.54) is 18.2 Å².